The van der Waals surface area contributed by atoms with Gasteiger partial charge in [0.15, 0.2) is 0 Å². The molecule has 2 heteroatoms. The van der Waals surface area contributed by atoms with Gasteiger partial charge in [0.25, 0.3) is 0 Å². The fraction of sp³-hybridized carbons (Fsp3) is 0.308. The van der Waals surface area contributed by atoms with Crippen molar-refractivity contribution in [2.75, 3.05) is 0 Å². The van der Waals surface area contributed by atoms with Gasteiger partial charge < -0.3 is 0 Å². The van der Waals surface area contributed by atoms with E-state index in [1.807, 2.05) is 0 Å². The van der Waals surface area contributed by atoms with Crippen molar-refractivity contribution >= 4 is 11.3 Å². The maximum Gasteiger partial charge on any atom is 0.0903 e. The van der Waals surface area contributed by atoms with Crippen molar-refractivity contribution in [1.29, 1.82) is 0 Å². The first-order valence-electron chi connectivity index (χ1n) is 5.33. The van der Waals surface area contributed by atoms with Gasteiger partial charge in [-0.1, -0.05) is 43.7 Å². The molecule has 2 rings (SSSR count). The van der Waals surface area contributed by atoms with Crippen LogP contribution in [0.3, 0.4) is 0 Å². The molecule has 0 unspecified atom stereocenters. The van der Waals surface area contributed by atoms with Gasteiger partial charge in [-0.05, 0) is 18.9 Å². The van der Waals surface area contributed by atoms with Gasteiger partial charge in [-0.25, -0.2) is 4.98 Å². The van der Waals surface area contributed by atoms with Crippen LogP contribution in [0.1, 0.15) is 24.0 Å². The first kappa shape index (κ1) is 10.4. The summed E-state index contributed by atoms with van der Waals surface area (Å²) in [4.78, 5) is 5.94. The predicted octanol–water partition coefficient (Wildman–Crippen LogP) is 4.07. The molecule has 0 atom stereocenters. The third-order valence-corrected chi connectivity index (χ3v) is 3.39. The smallest absolute Gasteiger partial charge is 0.0903 e. The molecule has 2 aromatic rings. The van der Waals surface area contributed by atoms with Crippen LogP contribution >= 0.6 is 11.3 Å². The lowest BCUT2D eigenvalue weighted by atomic mass is 10.1. The van der Waals surface area contributed by atoms with Crippen LogP contribution in [0.5, 0.6) is 0 Å². The zero-order valence-electron chi connectivity index (χ0n) is 9.16. The summed E-state index contributed by atoms with van der Waals surface area (Å²) >= 11 is 1.80. The van der Waals surface area contributed by atoms with Crippen LogP contribution < -0.4 is 0 Å². The van der Waals surface area contributed by atoms with Gasteiger partial charge in [-0.15, -0.1) is 11.3 Å². The van der Waals surface area contributed by atoms with Crippen LogP contribution in [0.25, 0.3) is 10.4 Å². The van der Waals surface area contributed by atoms with E-state index in [0.717, 1.165) is 17.8 Å². The van der Waals surface area contributed by atoms with Gasteiger partial charge in [0.1, 0.15) is 0 Å². The standard InChI is InChI=1S/C13H15NS/c1-3-7-12-13(15-10(2)14-12)11-8-5-4-6-9-11/h4-6,8-9H,3,7H2,1-2H3. The minimum absolute atomic E-state index is 1.08. The Balaban J connectivity index is 2.43. The van der Waals surface area contributed by atoms with Gasteiger partial charge in [-0.3, -0.25) is 0 Å². The van der Waals surface area contributed by atoms with Crippen LogP contribution in [0, 0.1) is 6.92 Å². The minimum atomic E-state index is 1.08. The Hall–Kier alpha value is -1.15. The van der Waals surface area contributed by atoms with E-state index in [0.29, 0.717) is 0 Å². The number of aryl methyl sites for hydroxylation is 2. The second kappa shape index (κ2) is 4.58. The second-order valence-corrected chi connectivity index (χ2v) is 4.83. The summed E-state index contributed by atoms with van der Waals surface area (Å²) in [5.74, 6) is 0. The zero-order valence-corrected chi connectivity index (χ0v) is 9.97. The SMILES string of the molecule is CCCc1nc(C)sc1-c1ccccc1. The molecular formula is C13H15NS. The van der Waals surface area contributed by atoms with Crippen molar-refractivity contribution in [3.8, 4) is 10.4 Å². The number of hydrogen-bond acceptors (Lipinski definition) is 2. The van der Waals surface area contributed by atoms with Crippen LogP contribution in [-0.2, 0) is 6.42 Å². The topological polar surface area (TPSA) is 12.9 Å². The number of aromatic nitrogens is 1. The highest BCUT2D eigenvalue weighted by atomic mass is 32.1. The maximum atomic E-state index is 4.60. The molecule has 1 heterocycles. The Kier molecular flexibility index (Phi) is 3.17. The molecule has 0 aliphatic carbocycles. The summed E-state index contributed by atoms with van der Waals surface area (Å²) in [5.41, 5.74) is 2.55. The summed E-state index contributed by atoms with van der Waals surface area (Å²) in [6, 6.07) is 10.5. The fourth-order valence-corrected chi connectivity index (χ4v) is 2.66. The molecule has 0 aliphatic rings. The molecule has 0 spiro atoms. The monoisotopic (exact) mass is 217 g/mol. The molecule has 0 N–H and O–H groups in total. The summed E-state index contributed by atoms with van der Waals surface area (Å²) in [7, 11) is 0. The van der Waals surface area contributed by atoms with E-state index < -0.39 is 0 Å². The molecule has 0 saturated heterocycles. The van der Waals surface area contributed by atoms with Crippen molar-refractivity contribution in [1.82, 2.24) is 4.98 Å². The third-order valence-electron chi connectivity index (χ3n) is 2.33. The minimum Gasteiger partial charge on any atom is -0.246 e. The summed E-state index contributed by atoms with van der Waals surface area (Å²) < 4.78 is 0. The molecule has 1 aromatic heterocycles. The number of hydrogen-bond donors (Lipinski definition) is 0. The Labute approximate surface area is 94.8 Å². The Morgan fingerprint density at radius 2 is 1.93 bits per heavy atom. The largest absolute Gasteiger partial charge is 0.246 e. The lowest BCUT2D eigenvalue weighted by Crippen LogP contribution is -1.86. The van der Waals surface area contributed by atoms with Gasteiger partial charge in [0.05, 0.1) is 15.6 Å². The van der Waals surface area contributed by atoms with Crippen LogP contribution in [0.15, 0.2) is 30.3 Å². The van der Waals surface area contributed by atoms with E-state index in [-0.39, 0.29) is 0 Å². The molecule has 78 valence electrons. The van der Waals surface area contributed by atoms with E-state index in [9.17, 15) is 0 Å². The van der Waals surface area contributed by atoms with E-state index in [1.54, 1.807) is 11.3 Å². The number of thiazole rings is 1. The molecule has 0 radical (unpaired) electrons. The van der Waals surface area contributed by atoms with E-state index in [1.165, 1.54) is 16.1 Å². The molecule has 1 aromatic carbocycles. The van der Waals surface area contributed by atoms with Crippen molar-refractivity contribution in [3.63, 3.8) is 0 Å². The lowest BCUT2D eigenvalue weighted by Gasteiger charge is -2.00. The molecule has 0 bridgehead atoms. The zero-order chi connectivity index (χ0) is 10.7. The molecule has 15 heavy (non-hydrogen) atoms. The third kappa shape index (κ3) is 2.26. The fourth-order valence-electron chi connectivity index (χ4n) is 1.69. The Morgan fingerprint density at radius 1 is 1.20 bits per heavy atom. The highest BCUT2D eigenvalue weighted by Gasteiger charge is 2.09. The van der Waals surface area contributed by atoms with Gasteiger partial charge in [-0.2, -0.15) is 0 Å². The normalized spacial score (nSPS) is 10.5. The quantitative estimate of drug-likeness (QED) is 0.755. The van der Waals surface area contributed by atoms with E-state index in [4.69, 9.17) is 0 Å². The first-order chi connectivity index (χ1) is 7.31. The van der Waals surface area contributed by atoms with Crippen molar-refractivity contribution in [2.45, 2.75) is 26.7 Å². The molecular weight excluding hydrogens is 202 g/mol. The summed E-state index contributed by atoms with van der Waals surface area (Å²) in [6.07, 6.45) is 2.23. The predicted molar refractivity (Wildman–Crippen MR) is 66.3 cm³/mol. The molecule has 0 fully saturated rings. The molecule has 1 nitrogen and oxygen atoms in total. The average Bonchev–Trinajstić information content (AvgIpc) is 2.62. The van der Waals surface area contributed by atoms with Crippen molar-refractivity contribution in [3.05, 3.63) is 41.0 Å². The number of benzene rings is 1. The summed E-state index contributed by atoms with van der Waals surface area (Å²) in [5, 5.41) is 1.16. The second-order valence-electron chi connectivity index (χ2n) is 3.62. The van der Waals surface area contributed by atoms with Crippen molar-refractivity contribution in [2.24, 2.45) is 0 Å². The van der Waals surface area contributed by atoms with Gasteiger partial charge >= 0.3 is 0 Å². The van der Waals surface area contributed by atoms with Crippen molar-refractivity contribution < 1.29 is 0 Å². The van der Waals surface area contributed by atoms with Crippen LogP contribution in [0.2, 0.25) is 0 Å². The maximum absolute atomic E-state index is 4.60. The molecule has 0 amide bonds. The Morgan fingerprint density at radius 3 is 2.60 bits per heavy atom. The highest BCUT2D eigenvalue weighted by Crippen LogP contribution is 2.30. The van der Waals surface area contributed by atoms with E-state index >= 15 is 0 Å². The summed E-state index contributed by atoms with van der Waals surface area (Å²) in [6.45, 7) is 4.28. The van der Waals surface area contributed by atoms with Gasteiger partial charge in [0.2, 0.25) is 0 Å². The van der Waals surface area contributed by atoms with E-state index in [2.05, 4.69) is 49.2 Å². The van der Waals surface area contributed by atoms with Gasteiger partial charge in [0, 0.05) is 0 Å². The first-order valence-corrected chi connectivity index (χ1v) is 6.14. The average molecular weight is 217 g/mol. The van der Waals surface area contributed by atoms with Crippen LogP contribution in [0.4, 0.5) is 0 Å². The number of rotatable bonds is 3. The number of nitrogens with zero attached hydrogens (tertiary/aromatic N) is 1. The molecule has 0 saturated carbocycles. The van der Waals surface area contributed by atoms with Crippen LogP contribution in [-0.4, -0.2) is 4.98 Å². The highest BCUT2D eigenvalue weighted by molar-refractivity contribution is 7.15. The lowest BCUT2D eigenvalue weighted by molar-refractivity contribution is 0.889. The molecule has 0 aliphatic heterocycles. The Bertz CT molecular complexity index is 431.